The lowest BCUT2D eigenvalue weighted by molar-refractivity contribution is 0.112. The topological polar surface area (TPSA) is 55.7 Å². The lowest BCUT2D eigenvalue weighted by atomic mass is 9.83. The third-order valence-electron chi connectivity index (χ3n) is 3.68. The molecule has 4 nitrogen and oxygen atoms in total. The van der Waals surface area contributed by atoms with Crippen LogP contribution in [0.4, 0.5) is 0 Å². The number of halogens is 1. The van der Waals surface area contributed by atoms with Crippen LogP contribution in [0.5, 0.6) is 0 Å². The standard InChI is InChI=1S/C15H14ClN3O/c1-9-18-14(12(8-20)15(16)19-9)11-6-2-4-10-5-3-7-17-13(10)11/h3,5,7-8,11H,2,4,6H2,1H3. The van der Waals surface area contributed by atoms with Gasteiger partial charge in [0.2, 0.25) is 0 Å². The SMILES string of the molecule is Cc1nc(Cl)c(C=O)c(C2CCCc3cccnc32)n1. The molecule has 102 valence electrons. The Hall–Kier alpha value is -1.81. The number of carbonyl (C=O) groups is 1. The van der Waals surface area contributed by atoms with Crippen molar-refractivity contribution < 1.29 is 4.79 Å². The number of aryl methyl sites for hydroxylation is 2. The highest BCUT2D eigenvalue weighted by Crippen LogP contribution is 2.36. The Bertz CT molecular complexity index is 672. The molecule has 1 aliphatic rings. The molecule has 3 rings (SSSR count). The van der Waals surface area contributed by atoms with Gasteiger partial charge in [-0.05, 0) is 37.8 Å². The molecule has 1 atom stereocenters. The Morgan fingerprint density at radius 2 is 2.20 bits per heavy atom. The number of fused-ring (bicyclic) bond motifs is 1. The van der Waals surface area contributed by atoms with E-state index in [9.17, 15) is 4.79 Å². The number of pyridine rings is 1. The van der Waals surface area contributed by atoms with Crippen molar-refractivity contribution in [3.05, 3.63) is 51.8 Å². The minimum atomic E-state index is 0.0272. The molecule has 0 N–H and O–H groups in total. The van der Waals surface area contributed by atoms with E-state index in [1.807, 2.05) is 6.07 Å². The smallest absolute Gasteiger partial charge is 0.155 e. The van der Waals surface area contributed by atoms with E-state index >= 15 is 0 Å². The summed E-state index contributed by atoms with van der Waals surface area (Å²) in [6.07, 6.45) is 5.54. The number of carbonyl (C=O) groups excluding carboxylic acids is 1. The number of rotatable bonds is 2. The van der Waals surface area contributed by atoms with E-state index in [2.05, 4.69) is 21.0 Å². The van der Waals surface area contributed by atoms with Crippen LogP contribution in [-0.4, -0.2) is 21.2 Å². The highest BCUT2D eigenvalue weighted by Gasteiger charge is 2.27. The lowest BCUT2D eigenvalue weighted by Crippen LogP contribution is -2.17. The fourth-order valence-corrected chi connectivity index (χ4v) is 3.08. The average Bonchev–Trinajstić information content (AvgIpc) is 2.46. The van der Waals surface area contributed by atoms with E-state index in [0.717, 1.165) is 31.2 Å². The molecule has 0 aromatic carbocycles. The molecule has 2 aromatic rings. The number of hydrogen-bond donors (Lipinski definition) is 0. The van der Waals surface area contributed by atoms with Crippen molar-refractivity contribution in [3.8, 4) is 0 Å². The predicted molar refractivity (Wildman–Crippen MR) is 76.2 cm³/mol. The van der Waals surface area contributed by atoms with Crippen molar-refractivity contribution in [2.75, 3.05) is 0 Å². The van der Waals surface area contributed by atoms with Crippen molar-refractivity contribution in [2.45, 2.75) is 32.1 Å². The summed E-state index contributed by atoms with van der Waals surface area (Å²) in [6.45, 7) is 1.78. The first kappa shape index (κ1) is 13.2. The van der Waals surface area contributed by atoms with Crippen molar-refractivity contribution in [2.24, 2.45) is 0 Å². The molecule has 2 heterocycles. The number of hydrogen-bond acceptors (Lipinski definition) is 4. The van der Waals surface area contributed by atoms with E-state index < -0.39 is 0 Å². The van der Waals surface area contributed by atoms with Gasteiger partial charge in [-0.3, -0.25) is 9.78 Å². The summed E-state index contributed by atoms with van der Waals surface area (Å²) in [4.78, 5) is 24.3. The number of aromatic nitrogens is 3. The minimum Gasteiger partial charge on any atom is -0.298 e. The van der Waals surface area contributed by atoms with Gasteiger partial charge in [-0.25, -0.2) is 9.97 Å². The van der Waals surface area contributed by atoms with Crippen LogP contribution in [0.3, 0.4) is 0 Å². The van der Waals surface area contributed by atoms with Gasteiger partial charge in [0.15, 0.2) is 6.29 Å². The normalized spacial score (nSPS) is 17.6. The molecular formula is C15H14ClN3O. The van der Waals surface area contributed by atoms with Crippen molar-refractivity contribution >= 4 is 17.9 Å². The van der Waals surface area contributed by atoms with Crippen LogP contribution in [0.15, 0.2) is 18.3 Å². The molecule has 0 spiro atoms. The van der Waals surface area contributed by atoms with Crippen LogP contribution >= 0.6 is 11.6 Å². The van der Waals surface area contributed by atoms with Crippen LogP contribution in [-0.2, 0) is 6.42 Å². The van der Waals surface area contributed by atoms with E-state index in [0.29, 0.717) is 17.1 Å². The third kappa shape index (κ3) is 2.20. The first-order chi connectivity index (χ1) is 9.70. The molecular weight excluding hydrogens is 274 g/mol. The van der Waals surface area contributed by atoms with Gasteiger partial charge < -0.3 is 0 Å². The van der Waals surface area contributed by atoms with Crippen LogP contribution in [0.25, 0.3) is 0 Å². The van der Waals surface area contributed by atoms with Gasteiger partial charge >= 0.3 is 0 Å². The largest absolute Gasteiger partial charge is 0.298 e. The molecule has 0 bridgehead atoms. The predicted octanol–water partition coefficient (Wildman–Crippen LogP) is 3.11. The Labute approximate surface area is 122 Å². The highest BCUT2D eigenvalue weighted by molar-refractivity contribution is 6.31. The highest BCUT2D eigenvalue weighted by atomic mass is 35.5. The van der Waals surface area contributed by atoms with Gasteiger partial charge in [-0.15, -0.1) is 0 Å². The zero-order valence-corrected chi connectivity index (χ0v) is 11.9. The first-order valence-corrected chi connectivity index (χ1v) is 7.01. The van der Waals surface area contributed by atoms with Gasteiger partial charge in [-0.2, -0.15) is 0 Å². The Balaban J connectivity index is 2.18. The number of aldehydes is 1. The molecule has 1 unspecified atom stereocenters. The van der Waals surface area contributed by atoms with Crippen LogP contribution in [0, 0.1) is 6.92 Å². The van der Waals surface area contributed by atoms with Gasteiger partial charge in [0.25, 0.3) is 0 Å². The van der Waals surface area contributed by atoms with Crippen LogP contribution in [0.1, 0.15) is 51.9 Å². The fourth-order valence-electron chi connectivity index (χ4n) is 2.82. The molecule has 0 amide bonds. The average molecular weight is 288 g/mol. The quantitative estimate of drug-likeness (QED) is 0.629. The lowest BCUT2D eigenvalue weighted by Gasteiger charge is -2.25. The number of nitrogens with zero attached hydrogens (tertiary/aromatic N) is 3. The molecule has 20 heavy (non-hydrogen) atoms. The summed E-state index contributed by atoms with van der Waals surface area (Å²) in [5.74, 6) is 0.609. The summed E-state index contributed by atoms with van der Waals surface area (Å²) >= 11 is 6.08. The van der Waals surface area contributed by atoms with E-state index in [-0.39, 0.29) is 11.1 Å². The molecule has 1 aliphatic carbocycles. The summed E-state index contributed by atoms with van der Waals surface area (Å²) in [6, 6.07) is 4.03. The minimum absolute atomic E-state index is 0.0272. The zero-order valence-electron chi connectivity index (χ0n) is 11.1. The maximum atomic E-state index is 11.3. The second-order valence-electron chi connectivity index (χ2n) is 4.97. The third-order valence-corrected chi connectivity index (χ3v) is 3.97. The van der Waals surface area contributed by atoms with Gasteiger partial charge in [0, 0.05) is 12.1 Å². The van der Waals surface area contributed by atoms with Crippen LogP contribution < -0.4 is 0 Å². The fraction of sp³-hybridized carbons (Fsp3) is 0.333. The molecule has 0 radical (unpaired) electrons. The van der Waals surface area contributed by atoms with Gasteiger partial charge in [0.1, 0.15) is 11.0 Å². The second-order valence-corrected chi connectivity index (χ2v) is 5.33. The molecule has 0 saturated carbocycles. The second kappa shape index (κ2) is 5.29. The monoisotopic (exact) mass is 287 g/mol. The van der Waals surface area contributed by atoms with E-state index in [1.165, 1.54) is 5.56 Å². The van der Waals surface area contributed by atoms with Gasteiger partial charge in [0.05, 0.1) is 17.0 Å². The Kier molecular flexibility index (Phi) is 3.49. The maximum absolute atomic E-state index is 11.3. The molecule has 2 aromatic heterocycles. The van der Waals surface area contributed by atoms with E-state index in [1.54, 1.807) is 13.1 Å². The van der Waals surface area contributed by atoms with Crippen molar-refractivity contribution in [1.82, 2.24) is 15.0 Å². The maximum Gasteiger partial charge on any atom is 0.155 e. The summed E-state index contributed by atoms with van der Waals surface area (Å²) in [5, 5.41) is 0.227. The zero-order chi connectivity index (χ0) is 14.1. The molecule has 0 saturated heterocycles. The summed E-state index contributed by atoms with van der Waals surface area (Å²) < 4.78 is 0. The molecule has 5 heteroatoms. The Morgan fingerprint density at radius 1 is 1.35 bits per heavy atom. The Morgan fingerprint density at radius 3 is 3.00 bits per heavy atom. The molecule has 0 aliphatic heterocycles. The first-order valence-electron chi connectivity index (χ1n) is 6.63. The van der Waals surface area contributed by atoms with Crippen LogP contribution in [0.2, 0.25) is 5.15 Å². The summed E-state index contributed by atoms with van der Waals surface area (Å²) in [5.41, 5.74) is 3.34. The van der Waals surface area contributed by atoms with Crippen molar-refractivity contribution in [1.29, 1.82) is 0 Å². The van der Waals surface area contributed by atoms with E-state index in [4.69, 9.17) is 11.6 Å². The van der Waals surface area contributed by atoms with Crippen molar-refractivity contribution in [3.63, 3.8) is 0 Å². The molecule has 0 fully saturated rings. The van der Waals surface area contributed by atoms with Gasteiger partial charge in [-0.1, -0.05) is 17.7 Å². The summed E-state index contributed by atoms with van der Waals surface area (Å²) in [7, 11) is 0.